The molecule has 6 nitrogen and oxygen atoms in total. The molecule has 1 N–H and O–H groups in total. The van der Waals surface area contributed by atoms with Crippen molar-refractivity contribution in [1.29, 1.82) is 0 Å². The van der Waals surface area contributed by atoms with Gasteiger partial charge in [0, 0.05) is 6.07 Å². The van der Waals surface area contributed by atoms with Crippen LogP contribution in [-0.4, -0.2) is 21.8 Å². The van der Waals surface area contributed by atoms with Crippen molar-refractivity contribution in [2.45, 2.75) is 6.17 Å². The van der Waals surface area contributed by atoms with Gasteiger partial charge in [-0.05, 0) is 6.07 Å². The second-order valence-electron chi connectivity index (χ2n) is 2.85. The Labute approximate surface area is 88.5 Å². The molecule has 1 atom stereocenters. The van der Waals surface area contributed by atoms with Gasteiger partial charge >= 0.3 is 5.97 Å². The van der Waals surface area contributed by atoms with Gasteiger partial charge in [0.05, 0.1) is 10.5 Å². The maximum atomic E-state index is 13.4. The van der Waals surface area contributed by atoms with Gasteiger partial charge in [-0.15, -0.1) is 0 Å². The molecular formula is C9H6FNO5. The highest BCUT2D eigenvalue weighted by Crippen LogP contribution is 2.27. The number of ketones is 1. The van der Waals surface area contributed by atoms with Gasteiger partial charge < -0.3 is 5.11 Å². The molecule has 0 spiro atoms. The fourth-order valence-electron chi connectivity index (χ4n) is 1.12. The van der Waals surface area contributed by atoms with Crippen LogP contribution in [0.4, 0.5) is 10.1 Å². The number of nitrogens with zero attached hydrogens (tertiary/aromatic N) is 1. The Bertz CT molecular complexity index is 459. The van der Waals surface area contributed by atoms with Crippen LogP contribution in [0.2, 0.25) is 0 Å². The third-order valence-electron chi connectivity index (χ3n) is 1.85. The lowest BCUT2D eigenvalue weighted by Gasteiger charge is -2.04. The average Bonchev–Trinajstić information content (AvgIpc) is 2.26. The summed E-state index contributed by atoms with van der Waals surface area (Å²) in [6, 6.07) is 4.57. The average molecular weight is 227 g/mol. The molecule has 0 saturated carbocycles. The normalized spacial score (nSPS) is 11.8. The number of benzene rings is 1. The Morgan fingerprint density at radius 1 is 1.38 bits per heavy atom. The summed E-state index contributed by atoms with van der Waals surface area (Å²) in [4.78, 5) is 30.7. The minimum absolute atomic E-state index is 0.556. The monoisotopic (exact) mass is 227 g/mol. The summed E-state index contributed by atoms with van der Waals surface area (Å²) in [7, 11) is 0. The summed E-state index contributed by atoms with van der Waals surface area (Å²) in [6.07, 6.45) is -2.53. The van der Waals surface area contributed by atoms with E-state index in [-0.39, 0.29) is 0 Å². The molecule has 0 heterocycles. The van der Waals surface area contributed by atoms with Crippen LogP contribution in [-0.2, 0) is 9.59 Å². The molecule has 0 aliphatic carbocycles. The topological polar surface area (TPSA) is 97.5 Å². The summed E-state index contributed by atoms with van der Waals surface area (Å²) in [6.45, 7) is 0. The molecule has 1 unspecified atom stereocenters. The van der Waals surface area contributed by atoms with Crippen LogP contribution in [0.1, 0.15) is 11.7 Å². The summed E-state index contributed by atoms with van der Waals surface area (Å²) >= 11 is 0. The molecule has 1 aromatic carbocycles. The van der Waals surface area contributed by atoms with Gasteiger partial charge in [-0.3, -0.25) is 14.9 Å². The summed E-state index contributed by atoms with van der Waals surface area (Å²) in [5.41, 5.74) is -1.18. The fourth-order valence-corrected chi connectivity index (χ4v) is 1.12. The molecule has 0 amide bonds. The number of halogens is 1. The Balaban J connectivity index is 3.18. The molecule has 0 radical (unpaired) electrons. The number of hydrogen-bond acceptors (Lipinski definition) is 4. The van der Waals surface area contributed by atoms with E-state index in [9.17, 15) is 24.1 Å². The maximum Gasteiger partial charge on any atom is 0.375 e. The van der Waals surface area contributed by atoms with Crippen molar-refractivity contribution in [3.8, 4) is 0 Å². The number of carboxylic acid groups (broad SMARTS) is 1. The van der Waals surface area contributed by atoms with Gasteiger partial charge in [-0.1, -0.05) is 12.1 Å². The number of rotatable bonds is 4. The maximum absolute atomic E-state index is 13.4. The molecule has 0 aromatic heterocycles. The Hall–Kier alpha value is -2.31. The van der Waals surface area contributed by atoms with E-state index in [1.807, 2.05) is 0 Å². The van der Waals surface area contributed by atoms with Crippen molar-refractivity contribution in [3.05, 3.63) is 39.9 Å². The van der Waals surface area contributed by atoms with E-state index in [1.54, 1.807) is 0 Å². The number of alkyl halides is 1. The van der Waals surface area contributed by atoms with Crippen molar-refractivity contribution in [1.82, 2.24) is 0 Å². The van der Waals surface area contributed by atoms with Gasteiger partial charge in [-0.2, -0.15) is 0 Å². The fraction of sp³-hybridized carbons (Fsp3) is 0.111. The second-order valence-corrected chi connectivity index (χ2v) is 2.85. The first-order chi connectivity index (χ1) is 7.45. The Morgan fingerprint density at radius 2 is 1.94 bits per heavy atom. The van der Waals surface area contributed by atoms with Crippen molar-refractivity contribution in [2.75, 3.05) is 0 Å². The van der Waals surface area contributed by atoms with Crippen LogP contribution in [0.25, 0.3) is 0 Å². The van der Waals surface area contributed by atoms with Gasteiger partial charge in [0.25, 0.3) is 11.5 Å². The van der Waals surface area contributed by atoms with Gasteiger partial charge in [-0.25, -0.2) is 9.18 Å². The van der Waals surface area contributed by atoms with Gasteiger partial charge in [0.15, 0.2) is 0 Å². The zero-order valence-electron chi connectivity index (χ0n) is 7.79. The minimum atomic E-state index is -2.53. The van der Waals surface area contributed by atoms with Gasteiger partial charge in [0.1, 0.15) is 0 Å². The van der Waals surface area contributed by atoms with Crippen molar-refractivity contribution >= 4 is 17.4 Å². The molecule has 0 aliphatic rings. The van der Waals surface area contributed by atoms with Crippen LogP contribution in [0.5, 0.6) is 0 Å². The Kier molecular flexibility index (Phi) is 3.29. The zero-order valence-corrected chi connectivity index (χ0v) is 7.79. The number of aliphatic carboxylic acids is 1. The minimum Gasteiger partial charge on any atom is -0.475 e. The summed E-state index contributed by atoms with van der Waals surface area (Å²) < 4.78 is 13.4. The number of Topliss-reactive ketones (excluding diaryl/α,β-unsaturated/α-hetero) is 1. The number of para-hydroxylation sites is 1. The molecule has 0 fully saturated rings. The standard InChI is InChI=1S/C9H6FNO5/c10-7(8(12)9(13)14)5-3-1-2-4-6(5)11(15)16/h1-4,7H,(H,13,14). The first-order valence-electron chi connectivity index (χ1n) is 4.09. The first kappa shape index (κ1) is 11.8. The van der Waals surface area contributed by atoms with Crippen LogP contribution >= 0.6 is 0 Å². The number of nitro benzene ring substituents is 1. The lowest BCUT2D eigenvalue weighted by atomic mass is 10.1. The summed E-state index contributed by atoms with van der Waals surface area (Å²) in [5, 5.41) is 18.8. The van der Waals surface area contributed by atoms with Gasteiger partial charge in [0.2, 0.25) is 6.17 Å². The highest BCUT2D eigenvalue weighted by molar-refractivity contribution is 6.34. The summed E-state index contributed by atoms with van der Waals surface area (Å²) in [5.74, 6) is -3.69. The highest BCUT2D eigenvalue weighted by Gasteiger charge is 2.31. The highest BCUT2D eigenvalue weighted by atomic mass is 19.1. The van der Waals surface area contributed by atoms with Crippen LogP contribution in [0.3, 0.4) is 0 Å². The van der Waals surface area contributed by atoms with E-state index in [2.05, 4.69) is 0 Å². The smallest absolute Gasteiger partial charge is 0.375 e. The van der Waals surface area contributed by atoms with Crippen molar-refractivity contribution in [3.63, 3.8) is 0 Å². The van der Waals surface area contributed by atoms with Crippen LogP contribution in [0.15, 0.2) is 24.3 Å². The van der Waals surface area contributed by atoms with E-state index in [0.29, 0.717) is 0 Å². The molecule has 84 valence electrons. The molecular weight excluding hydrogens is 221 g/mol. The quantitative estimate of drug-likeness (QED) is 0.474. The zero-order chi connectivity index (χ0) is 12.3. The molecule has 0 saturated heterocycles. The van der Waals surface area contributed by atoms with Crippen molar-refractivity contribution < 1.29 is 24.0 Å². The number of carboxylic acids is 1. The molecule has 0 aliphatic heterocycles. The lowest BCUT2D eigenvalue weighted by Crippen LogP contribution is -2.19. The van der Waals surface area contributed by atoms with E-state index < -0.39 is 34.1 Å². The molecule has 0 bridgehead atoms. The first-order valence-corrected chi connectivity index (χ1v) is 4.09. The van der Waals surface area contributed by atoms with E-state index >= 15 is 0 Å². The number of carbonyl (C=O) groups excluding carboxylic acids is 1. The second kappa shape index (κ2) is 4.47. The largest absolute Gasteiger partial charge is 0.475 e. The number of nitro groups is 1. The van der Waals surface area contributed by atoms with E-state index in [4.69, 9.17) is 5.11 Å². The van der Waals surface area contributed by atoms with E-state index in [1.165, 1.54) is 12.1 Å². The SMILES string of the molecule is O=C(O)C(=O)C(F)c1ccccc1[N+](=O)[O-]. The molecule has 16 heavy (non-hydrogen) atoms. The van der Waals surface area contributed by atoms with Crippen molar-refractivity contribution in [2.24, 2.45) is 0 Å². The Morgan fingerprint density at radius 3 is 2.44 bits per heavy atom. The molecule has 1 aromatic rings. The molecule has 7 heteroatoms. The number of hydrogen-bond donors (Lipinski definition) is 1. The molecule has 1 rings (SSSR count). The lowest BCUT2D eigenvalue weighted by molar-refractivity contribution is -0.385. The third kappa shape index (κ3) is 2.19. The predicted octanol–water partition coefficient (Wildman–Crippen LogP) is 1.26. The van der Waals surface area contributed by atoms with E-state index in [0.717, 1.165) is 12.1 Å². The third-order valence-corrected chi connectivity index (χ3v) is 1.85. The number of carbonyl (C=O) groups is 2. The van der Waals surface area contributed by atoms with Crippen LogP contribution < -0.4 is 0 Å². The van der Waals surface area contributed by atoms with Crippen LogP contribution in [0, 0.1) is 10.1 Å². The predicted molar refractivity (Wildman–Crippen MR) is 49.6 cm³/mol.